The predicted octanol–water partition coefficient (Wildman–Crippen LogP) is 3.41. The van der Waals surface area contributed by atoms with Gasteiger partial charge in [-0.15, -0.1) is 11.3 Å². The molecule has 118 valence electrons. The molecule has 0 fully saturated rings. The first-order valence-electron chi connectivity index (χ1n) is 7.83. The fraction of sp³-hybridized carbons (Fsp3) is 0.588. The van der Waals surface area contributed by atoms with Gasteiger partial charge in [0.15, 0.2) is 0 Å². The molecule has 0 bridgehead atoms. The van der Waals surface area contributed by atoms with Crippen molar-refractivity contribution in [1.29, 1.82) is 0 Å². The summed E-state index contributed by atoms with van der Waals surface area (Å²) >= 11 is 1.81. The molecule has 2 aromatic rings. The quantitative estimate of drug-likeness (QED) is 0.851. The van der Waals surface area contributed by atoms with Gasteiger partial charge in [-0.2, -0.15) is 0 Å². The van der Waals surface area contributed by atoms with Crippen molar-refractivity contribution < 1.29 is 0 Å². The Morgan fingerprint density at radius 1 is 1.23 bits per heavy atom. The summed E-state index contributed by atoms with van der Waals surface area (Å²) in [4.78, 5) is 17.8. The first-order valence-corrected chi connectivity index (χ1v) is 8.65. The topological polar surface area (TPSA) is 41.9 Å². The number of aryl methyl sites for hydroxylation is 2. The first kappa shape index (κ1) is 15.6. The maximum absolute atomic E-state index is 4.80. The van der Waals surface area contributed by atoms with Crippen LogP contribution < -0.4 is 0 Å². The van der Waals surface area contributed by atoms with Gasteiger partial charge < -0.3 is 0 Å². The third kappa shape index (κ3) is 3.20. The highest BCUT2D eigenvalue weighted by Crippen LogP contribution is 2.25. The van der Waals surface area contributed by atoms with Crippen LogP contribution in [-0.4, -0.2) is 26.4 Å². The Morgan fingerprint density at radius 2 is 2.00 bits per heavy atom. The lowest BCUT2D eigenvalue weighted by Crippen LogP contribution is -2.31. The van der Waals surface area contributed by atoms with Crippen molar-refractivity contribution >= 4 is 11.3 Å². The van der Waals surface area contributed by atoms with Crippen molar-refractivity contribution in [1.82, 2.24) is 19.9 Å². The van der Waals surface area contributed by atoms with E-state index in [2.05, 4.69) is 49.5 Å². The monoisotopic (exact) mass is 316 g/mol. The van der Waals surface area contributed by atoms with Gasteiger partial charge in [0.25, 0.3) is 0 Å². The molecule has 4 nitrogen and oxygen atoms in total. The molecule has 0 aromatic carbocycles. The van der Waals surface area contributed by atoms with Crippen molar-refractivity contribution in [3.05, 3.63) is 38.9 Å². The third-order valence-electron chi connectivity index (χ3n) is 4.05. The number of aromatic nitrogens is 3. The molecular formula is C17H24N4S. The average Bonchev–Trinajstić information content (AvgIpc) is 2.75. The van der Waals surface area contributed by atoms with E-state index in [4.69, 9.17) is 4.98 Å². The average molecular weight is 316 g/mol. The summed E-state index contributed by atoms with van der Waals surface area (Å²) < 4.78 is 0. The second kappa shape index (κ2) is 5.70. The Hall–Kier alpha value is -1.33. The fourth-order valence-corrected chi connectivity index (χ4v) is 3.77. The molecule has 3 heterocycles. The van der Waals surface area contributed by atoms with Gasteiger partial charge >= 0.3 is 0 Å². The molecule has 0 saturated carbocycles. The van der Waals surface area contributed by atoms with Gasteiger partial charge in [0.05, 0.1) is 10.7 Å². The van der Waals surface area contributed by atoms with Gasteiger partial charge in [0.2, 0.25) is 0 Å². The summed E-state index contributed by atoms with van der Waals surface area (Å²) in [7, 11) is 0. The van der Waals surface area contributed by atoms with Gasteiger partial charge in [-0.1, -0.05) is 20.8 Å². The van der Waals surface area contributed by atoms with Crippen molar-refractivity contribution in [3.63, 3.8) is 0 Å². The van der Waals surface area contributed by atoms with E-state index in [0.717, 1.165) is 36.9 Å². The Kier molecular flexibility index (Phi) is 4.03. The Morgan fingerprint density at radius 3 is 2.64 bits per heavy atom. The maximum Gasteiger partial charge on any atom is 0.133 e. The van der Waals surface area contributed by atoms with Crippen molar-refractivity contribution in [2.75, 3.05) is 6.54 Å². The molecule has 1 aliphatic heterocycles. The molecule has 2 aromatic heterocycles. The van der Waals surface area contributed by atoms with Gasteiger partial charge in [-0.25, -0.2) is 15.0 Å². The second-order valence-electron chi connectivity index (χ2n) is 7.12. The van der Waals surface area contributed by atoms with Gasteiger partial charge in [-0.05, 0) is 13.8 Å². The zero-order chi connectivity index (χ0) is 15.9. The highest BCUT2D eigenvalue weighted by Gasteiger charge is 2.23. The van der Waals surface area contributed by atoms with E-state index < -0.39 is 0 Å². The van der Waals surface area contributed by atoms with Crippen molar-refractivity contribution in [3.8, 4) is 0 Å². The highest BCUT2D eigenvalue weighted by atomic mass is 32.1. The largest absolute Gasteiger partial charge is 0.293 e. The Balaban J connectivity index is 1.76. The van der Waals surface area contributed by atoms with E-state index in [9.17, 15) is 0 Å². The molecule has 0 saturated heterocycles. The number of hydrogen-bond donors (Lipinski definition) is 0. The van der Waals surface area contributed by atoms with Crippen molar-refractivity contribution in [2.45, 2.75) is 59.5 Å². The minimum absolute atomic E-state index is 0.0173. The molecule has 22 heavy (non-hydrogen) atoms. The molecule has 0 spiro atoms. The van der Waals surface area contributed by atoms with Crippen LogP contribution in [0.2, 0.25) is 0 Å². The Bertz CT molecular complexity index is 684. The van der Waals surface area contributed by atoms with E-state index in [1.807, 2.05) is 17.5 Å². The molecule has 1 aliphatic rings. The van der Waals surface area contributed by atoms with Crippen LogP contribution in [0, 0.1) is 13.8 Å². The second-order valence-corrected chi connectivity index (χ2v) is 8.41. The minimum Gasteiger partial charge on any atom is -0.293 e. The van der Waals surface area contributed by atoms with E-state index in [1.165, 1.54) is 21.8 Å². The maximum atomic E-state index is 4.80. The van der Waals surface area contributed by atoms with Crippen LogP contribution >= 0.6 is 11.3 Å². The molecule has 0 amide bonds. The van der Waals surface area contributed by atoms with Crippen LogP contribution in [0.5, 0.6) is 0 Å². The summed E-state index contributed by atoms with van der Waals surface area (Å²) in [5, 5.41) is 1.16. The van der Waals surface area contributed by atoms with Crippen molar-refractivity contribution in [2.24, 2.45) is 0 Å². The summed E-state index contributed by atoms with van der Waals surface area (Å²) in [5.74, 6) is 0.952. The Labute approximate surface area is 136 Å². The summed E-state index contributed by atoms with van der Waals surface area (Å²) in [5.41, 5.74) is 3.70. The first-order chi connectivity index (χ1) is 10.3. The van der Waals surface area contributed by atoms with Crippen LogP contribution in [-0.2, 0) is 24.9 Å². The summed E-state index contributed by atoms with van der Waals surface area (Å²) in [6, 6.07) is 0. The van der Waals surface area contributed by atoms with Gasteiger partial charge in [-0.3, -0.25) is 4.90 Å². The molecule has 0 N–H and O–H groups in total. The van der Waals surface area contributed by atoms with Crippen LogP contribution in [0.25, 0.3) is 0 Å². The van der Waals surface area contributed by atoms with E-state index in [-0.39, 0.29) is 5.41 Å². The zero-order valence-electron chi connectivity index (χ0n) is 14.1. The summed E-state index contributed by atoms with van der Waals surface area (Å²) in [6.07, 6.45) is 3.04. The minimum atomic E-state index is 0.0173. The van der Waals surface area contributed by atoms with Gasteiger partial charge in [0.1, 0.15) is 5.82 Å². The van der Waals surface area contributed by atoms with E-state index in [0.29, 0.717) is 0 Å². The van der Waals surface area contributed by atoms with E-state index >= 15 is 0 Å². The van der Waals surface area contributed by atoms with E-state index in [1.54, 1.807) is 0 Å². The normalized spacial score (nSPS) is 15.9. The molecular weight excluding hydrogens is 292 g/mol. The lowest BCUT2D eigenvalue weighted by Gasteiger charge is -2.28. The molecule has 0 unspecified atom stereocenters. The van der Waals surface area contributed by atoms with Crippen LogP contribution in [0.4, 0.5) is 0 Å². The summed E-state index contributed by atoms with van der Waals surface area (Å²) in [6.45, 7) is 13.7. The number of fused-ring (bicyclic) bond motifs is 1. The molecule has 0 aliphatic carbocycles. The number of hydrogen-bond acceptors (Lipinski definition) is 5. The van der Waals surface area contributed by atoms with Crippen LogP contribution in [0.3, 0.4) is 0 Å². The van der Waals surface area contributed by atoms with Crippen LogP contribution in [0.1, 0.15) is 53.4 Å². The lowest BCUT2D eigenvalue weighted by molar-refractivity contribution is 0.243. The number of rotatable bonds is 2. The fourth-order valence-electron chi connectivity index (χ4n) is 2.79. The molecule has 3 rings (SSSR count). The number of thiazole rings is 1. The SMILES string of the molecule is Cc1nc(C)c(CN2CCc3nc(C(C)(C)C)ncc3C2)s1. The zero-order valence-corrected chi connectivity index (χ0v) is 14.9. The highest BCUT2D eigenvalue weighted by molar-refractivity contribution is 7.11. The van der Waals surface area contributed by atoms with Gasteiger partial charge in [0, 0.05) is 53.8 Å². The molecule has 5 heteroatoms. The third-order valence-corrected chi connectivity index (χ3v) is 5.11. The lowest BCUT2D eigenvalue weighted by atomic mass is 9.95. The predicted molar refractivity (Wildman–Crippen MR) is 90.1 cm³/mol. The number of nitrogens with zero attached hydrogens (tertiary/aromatic N) is 4. The standard InChI is InChI=1S/C17H24N4S/c1-11-15(22-12(2)19-11)10-21-7-6-14-13(9-21)8-18-16(20-14)17(3,4)5/h8H,6-7,9-10H2,1-5H3. The van der Waals surface area contributed by atoms with Crippen LogP contribution in [0.15, 0.2) is 6.20 Å². The smallest absolute Gasteiger partial charge is 0.133 e. The molecule has 0 radical (unpaired) electrons. The molecule has 0 atom stereocenters.